The van der Waals surface area contributed by atoms with Crippen molar-refractivity contribution in [2.45, 2.75) is 100 Å². The van der Waals surface area contributed by atoms with Gasteiger partial charge in [-0.3, -0.25) is 14.4 Å². The molecule has 1 saturated heterocycles. The maximum Gasteiger partial charge on any atom is 0.408 e. The van der Waals surface area contributed by atoms with Crippen LogP contribution in [0.3, 0.4) is 0 Å². The van der Waals surface area contributed by atoms with E-state index in [-0.39, 0.29) is 23.1 Å². The summed E-state index contributed by atoms with van der Waals surface area (Å²) in [6.45, 7) is 5.54. The molecule has 0 aromatic heterocycles. The summed E-state index contributed by atoms with van der Waals surface area (Å²) in [5, 5.41) is 5.52. The van der Waals surface area contributed by atoms with Crippen LogP contribution in [0.2, 0.25) is 0 Å². The largest absolute Gasteiger partial charge is 0.444 e. The lowest BCUT2D eigenvalue weighted by atomic mass is 10.0. The summed E-state index contributed by atoms with van der Waals surface area (Å²) in [5.41, 5.74) is -2.18. The molecule has 2 heterocycles. The number of ether oxygens (including phenoxy) is 1. The molecule has 3 N–H and O–H groups in total. The normalized spacial score (nSPS) is 28.2. The maximum absolute atomic E-state index is 13.7. The molecule has 1 aromatic carbocycles. The molecule has 0 bridgehead atoms. The fourth-order valence-electron chi connectivity index (χ4n) is 5.42. The number of rotatable bonds is 4. The summed E-state index contributed by atoms with van der Waals surface area (Å²) in [6.07, 6.45) is 7.77. The molecule has 0 unspecified atom stereocenters. The number of benzene rings is 1. The van der Waals surface area contributed by atoms with E-state index in [2.05, 4.69) is 15.4 Å². The van der Waals surface area contributed by atoms with Crippen LogP contribution >= 0.6 is 0 Å². The fraction of sp³-hybridized carbons (Fsp3) is 0.586. The van der Waals surface area contributed by atoms with Gasteiger partial charge in [0.1, 0.15) is 23.2 Å². The summed E-state index contributed by atoms with van der Waals surface area (Å²) >= 11 is 0. The maximum atomic E-state index is 13.7. The van der Waals surface area contributed by atoms with Gasteiger partial charge < -0.3 is 20.3 Å². The van der Waals surface area contributed by atoms with Crippen molar-refractivity contribution in [2.24, 2.45) is 5.92 Å². The summed E-state index contributed by atoms with van der Waals surface area (Å²) in [4.78, 5) is 54.7. The van der Waals surface area contributed by atoms with Crippen molar-refractivity contribution in [2.75, 3.05) is 6.54 Å². The van der Waals surface area contributed by atoms with Crippen LogP contribution in [0.15, 0.2) is 47.4 Å². The van der Waals surface area contributed by atoms with E-state index < -0.39 is 51.2 Å². The number of amides is 4. The van der Waals surface area contributed by atoms with Gasteiger partial charge in [-0.15, -0.1) is 0 Å². The van der Waals surface area contributed by atoms with Crippen LogP contribution in [0, 0.1) is 5.92 Å². The van der Waals surface area contributed by atoms with Gasteiger partial charge in [-0.25, -0.2) is 17.9 Å². The summed E-state index contributed by atoms with van der Waals surface area (Å²) in [5.74, 6) is -2.09. The molecule has 1 aromatic rings. The van der Waals surface area contributed by atoms with Gasteiger partial charge in [-0.05, 0) is 71.4 Å². The number of carbonyl (C=O) groups excluding carboxylic acids is 4. The van der Waals surface area contributed by atoms with Crippen molar-refractivity contribution in [1.29, 1.82) is 0 Å². The smallest absolute Gasteiger partial charge is 0.408 e. The van der Waals surface area contributed by atoms with E-state index in [4.69, 9.17) is 4.74 Å². The van der Waals surface area contributed by atoms with E-state index >= 15 is 0 Å². The first-order chi connectivity index (χ1) is 19.3. The van der Waals surface area contributed by atoms with Gasteiger partial charge in [0.15, 0.2) is 0 Å². The Hall–Kier alpha value is -3.41. The first kappa shape index (κ1) is 30.5. The van der Waals surface area contributed by atoms with Crippen molar-refractivity contribution in [3.05, 3.63) is 42.5 Å². The van der Waals surface area contributed by atoms with Crippen LogP contribution in [0.5, 0.6) is 0 Å². The zero-order valence-electron chi connectivity index (χ0n) is 23.9. The highest BCUT2D eigenvalue weighted by Crippen LogP contribution is 2.45. The number of nitrogens with zero attached hydrogens (tertiary/aromatic N) is 1. The average Bonchev–Trinajstić information content (AvgIpc) is 3.36. The molecule has 4 amide bonds. The number of fused-ring (bicyclic) bond motifs is 2. The predicted octanol–water partition coefficient (Wildman–Crippen LogP) is 2.77. The second-order valence-electron chi connectivity index (χ2n) is 12.0. The van der Waals surface area contributed by atoms with E-state index in [1.54, 1.807) is 39.0 Å². The summed E-state index contributed by atoms with van der Waals surface area (Å²) in [6, 6.07) is 5.85. The first-order valence-corrected chi connectivity index (χ1v) is 15.7. The molecule has 0 spiro atoms. The molecule has 2 aliphatic heterocycles. The molecule has 3 aliphatic rings. The van der Waals surface area contributed by atoms with Crippen LogP contribution < -0.4 is 15.4 Å². The van der Waals surface area contributed by atoms with Gasteiger partial charge in [0.25, 0.3) is 15.9 Å². The topological polar surface area (TPSA) is 151 Å². The van der Waals surface area contributed by atoms with Gasteiger partial charge in [0.2, 0.25) is 11.8 Å². The Morgan fingerprint density at radius 3 is 2.49 bits per heavy atom. The Morgan fingerprint density at radius 1 is 1.05 bits per heavy atom. The predicted molar refractivity (Wildman–Crippen MR) is 151 cm³/mol. The Labute approximate surface area is 241 Å². The van der Waals surface area contributed by atoms with Gasteiger partial charge in [-0.1, -0.05) is 43.2 Å². The van der Waals surface area contributed by atoms with Crippen LogP contribution in [-0.4, -0.2) is 66.9 Å². The zero-order chi connectivity index (χ0) is 29.8. The molecule has 224 valence electrons. The lowest BCUT2D eigenvalue weighted by molar-refractivity contribution is -0.141. The zero-order valence-corrected chi connectivity index (χ0v) is 24.7. The number of allylic oxidation sites excluding steroid dienone is 1. The standard InChI is InChI=1S/C29H40N4O7S/c1-28(2,3)40-27(37)30-22-16-11-6-4-5-8-13-20-19-29(20,31-24(34)23-17-12-18-33(23)25(22)35)26(36)32-41(38,39)21-14-9-7-10-15-21/h7-10,13-15,20,22-23H,4-6,11-12,16-19H2,1-3H3,(H,30,37)(H,31,34)(H,32,36)/b13-8-/t20-,22-,23-,29+/m0/s1. The molecule has 12 heteroatoms. The highest BCUT2D eigenvalue weighted by Gasteiger charge is 2.61. The van der Waals surface area contributed by atoms with Gasteiger partial charge in [0, 0.05) is 12.5 Å². The molecule has 41 heavy (non-hydrogen) atoms. The van der Waals surface area contributed by atoms with Crippen molar-refractivity contribution >= 4 is 33.8 Å². The molecule has 4 atom stereocenters. The highest BCUT2D eigenvalue weighted by atomic mass is 32.2. The number of hydrogen-bond acceptors (Lipinski definition) is 7. The number of nitrogens with one attached hydrogen (secondary N) is 3. The molecule has 1 saturated carbocycles. The SMILES string of the molecule is CC(C)(C)OC(=O)N[C@H]1CCCCC/C=C\[C@H]2C[C@@]2(C(=O)NS(=O)(=O)c2ccccc2)NC(=O)[C@@H]2CCCN2C1=O. The molecule has 4 rings (SSSR count). The summed E-state index contributed by atoms with van der Waals surface area (Å²) in [7, 11) is -4.15. The minimum Gasteiger partial charge on any atom is -0.444 e. The lowest BCUT2D eigenvalue weighted by Gasteiger charge is -2.30. The van der Waals surface area contributed by atoms with E-state index in [9.17, 15) is 27.6 Å². The minimum absolute atomic E-state index is 0.0583. The van der Waals surface area contributed by atoms with Crippen LogP contribution in [0.25, 0.3) is 0 Å². The first-order valence-electron chi connectivity index (χ1n) is 14.2. The van der Waals surface area contributed by atoms with Crippen molar-refractivity contribution < 1.29 is 32.3 Å². The highest BCUT2D eigenvalue weighted by molar-refractivity contribution is 7.90. The number of carbonyl (C=O) groups is 4. The monoisotopic (exact) mass is 588 g/mol. The Balaban J connectivity index is 1.56. The van der Waals surface area contributed by atoms with Crippen LogP contribution in [0.1, 0.15) is 72.1 Å². The third kappa shape index (κ3) is 7.46. The van der Waals surface area contributed by atoms with Gasteiger partial charge >= 0.3 is 6.09 Å². The van der Waals surface area contributed by atoms with Crippen molar-refractivity contribution in [3.8, 4) is 0 Å². The van der Waals surface area contributed by atoms with Crippen molar-refractivity contribution in [3.63, 3.8) is 0 Å². The quantitative estimate of drug-likeness (QED) is 0.458. The number of sulfonamides is 1. The number of hydrogen-bond donors (Lipinski definition) is 3. The number of alkyl carbamates (subject to hydrolysis) is 1. The van der Waals surface area contributed by atoms with Crippen molar-refractivity contribution in [1.82, 2.24) is 20.3 Å². The Bertz CT molecular complexity index is 1290. The van der Waals surface area contributed by atoms with Crippen LogP contribution in [0.4, 0.5) is 4.79 Å². The third-order valence-electron chi connectivity index (χ3n) is 7.61. The lowest BCUT2D eigenvalue weighted by Crippen LogP contribution is -2.58. The molecule has 1 aliphatic carbocycles. The van der Waals surface area contributed by atoms with Crippen LogP contribution in [-0.2, 0) is 29.1 Å². The van der Waals surface area contributed by atoms with E-state index in [0.29, 0.717) is 32.2 Å². The van der Waals surface area contributed by atoms with E-state index in [0.717, 1.165) is 19.3 Å². The second kappa shape index (κ2) is 12.2. The molecule has 11 nitrogen and oxygen atoms in total. The third-order valence-corrected chi connectivity index (χ3v) is 8.95. The fourth-order valence-corrected chi connectivity index (χ4v) is 6.47. The summed E-state index contributed by atoms with van der Waals surface area (Å²) < 4.78 is 33.3. The minimum atomic E-state index is -4.15. The van der Waals surface area contributed by atoms with E-state index in [1.807, 2.05) is 12.2 Å². The average molecular weight is 589 g/mol. The molecular formula is C29H40N4O7S. The molecule has 2 fully saturated rings. The molecular weight excluding hydrogens is 548 g/mol. The van der Waals surface area contributed by atoms with E-state index in [1.165, 1.54) is 17.0 Å². The second-order valence-corrected chi connectivity index (χ2v) is 13.7. The Kier molecular flexibility index (Phi) is 9.10. The molecule has 0 radical (unpaired) electrons. The van der Waals surface area contributed by atoms with Gasteiger partial charge in [-0.2, -0.15) is 0 Å². The Morgan fingerprint density at radius 2 is 1.78 bits per heavy atom. The van der Waals surface area contributed by atoms with Gasteiger partial charge in [0.05, 0.1) is 4.90 Å².